The Labute approximate surface area is 108 Å². The van der Waals surface area contributed by atoms with Gasteiger partial charge in [-0.3, -0.25) is 4.79 Å². The summed E-state index contributed by atoms with van der Waals surface area (Å²) in [4.78, 5) is 10.7. The van der Waals surface area contributed by atoms with Crippen molar-refractivity contribution in [3.63, 3.8) is 0 Å². The molecule has 1 aromatic rings. The first-order valence-corrected chi connectivity index (χ1v) is 6.03. The van der Waals surface area contributed by atoms with Crippen molar-refractivity contribution < 1.29 is 19.0 Å². The third-order valence-corrected chi connectivity index (χ3v) is 2.50. The van der Waals surface area contributed by atoms with Crippen LogP contribution in [0.4, 0.5) is 0 Å². The molecule has 0 saturated heterocycles. The summed E-state index contributed by atoms with van der Waals surface area (Å²) >= 11 is 0. The summed E-state index contributed by atoms with van der Waals surface area (Å²) in [6.45, 7) is 4.34. The van der Waals surface area contributed by atoms with Gasteiger partial charge in [0.1, 0.15) is 18.6 Å². The number of aldehydes is 1. The molecule has 0 fully saturated rings. The number of carbonyl (C=O) groups excluding carboxylic acids is 1. The summed E-state index contributed by atoms with van der Waals surface area (Å²) in [5, 5.41) is 0. The topological polar surface area (TPSA) is 44.8 Å². The van der Waals surface area contributed by atoms with Gasteiger partial charge in [0.25, 0.3) is 0 Å². The molecule has 4 nitrogen and oxygen atoms in total. The lowest BCUT2D eigenvalue weighted by molar-refractivity contribution is 0.0806. The van der Waals surface area contributed by atoms with Crippen LogP contribution in [-0.2, 0) is 9.47 Å². The van der Waals surface area contributed by atoms with E-state index in [0.29, 0.717) is 32.0 Å². The second-order valence-corrected chi connectivity index (χ2v) is 3.94. The molecule has 0 aliphatic rings. The Hall–Kier alpha value is -1.39. The average molecular weight is 252 g/mol. The third-order valence-electron chi connectivity index (χ3n) is 2.50. The van der Waals surface area contributed by atoms with Crippen LogP contribution in [0.5, 0.6) is 5.75 Å². The lowest BCUT2D eigenvalue weighted by atomic mass is 10.1. The maximum absolute atomic E-state index is 10.7. The van der Waals surface area contributed by atoms with Crippen molar-refractivity contribution in [2.45, 2.75) is 13.3 Å². The summed E-state index contributed by atoms with van der Waals surface area (Å²) in [5.74, 6) is 0.763. The number of methoxy groups -OCH3 is 1. The van der Waals surface area contributed by atoms with Crippen LogP contribution in [0.1, 0.15) is 22.3 Å². The Morgan fingerprint density at radius 1 is 1.17 bits per heavy atom. The van der Waals surface area contributed by atoms with E-state index in [4.69, 9.17) is 14.2 Å². The summed E-state index contributed by atoms with van der Waals surface area (Å²) < 4.78 is 15.8. The average Bonchev–Trinajstić information content (AvgIpc) is 2.38. The SMILES string of the molecule is COCCCOCCOc1ccc(C=O)c(C)c1. The van der Waals surface area contributed by atoms with Crippen LogP contribution in [0.3, 0.4) is 0 Å². The van der Waals surface area contributed by atoms with Crippen molar-refractivity contribution in [3.8, 4) is 5.75 Å². The Kier molecular flexibility index (Phi) is 7.06. The Bertz CT molecular complexity index is 363. The van der Waals surface area contributed by atoms with Crippen molar-refractivity contribution in [1.29, 1.82) is 0 Å². The lowest BCUT2D eigenvalue weighted by Crippen LogP contribution is -2.08. The fourth-order valence-corrected chi connectivity index (χ4v) is 1.50. The highest BCUT2D eigenvalue weighted by Gasteiger charge is 1.99. The molecular formula is C14H20O4. The molecule has 0 aliphatic carbocycles. The van der Waals surface area contributed by atoms with E-state index in [2.05, 4.69) is 0 Å². The van der Waals surface area contributed by atoms with Crippen LogP contribution in [0, 0.1) is 6.92 Å². The molecule has 1 aromatic carbocycles. The summed E-state index contributed by atoms with van der Waals surface area (Å²) in [6, 6.07) is 5.41. The molecule has 0 bridgehead atoms. The van der Waals surface area contributed by atoms with E-state index < -0.39 is 0 Å². The minimum absolute atomic E-state index is 0.507. The second kappa shape index (κ2) is 8.66. The maximum atomic E-state index is 10.7. The predicted octanol–water partition coefficient (Wildman–Crippen LogP) is 2.24. The minimum Gasteiger partial charge on any atom is -0.491 e. The van der Waals surface area contributed by atoms with E-state index in [1.807, 2.05) is 13.0 Å². The molecule has 4 heteroatoms. The number of aryl methyl sites for hydroxylation is 1. The molecule has 100 valence electrons. The van der Waals surface area contributed by atoms with E-state index in [1.165, 1.54) is 0 Å². The van der Waals surface area contributed by atoms with Gasteiger partial charge in [0.2, 0.25) is 0 Å². The molecule has 0 aromatic heterocycles. The maximum Gasteiger partial charge on any atom is 0.150 e. The highest BCUT2D eigenvalue weighted by Crippen LogP contribution is 2.15. The Morgan fingerprint density at radius 3 is 2.67 bits per heavy atom. The van der Waals surface area contributed by atoms with E-state index in [1.54, 1.807) is 19.2 Å². The fraction of sp³-hybridized carbons (Fsp3) is 0.500. The molecule has 1 rings (SSSR count). The monoisotopic (exact) mass is 252 g/mol. The zero-order valence-corrected chi connectivity index (χ0v) is 11.0. The summed E-state index contributed by atoms with van der Waals surface area (Å²) in [6.07, 6.45) is 1.74. The fourth-order valence-electron chi connectivity index (χ4n) is 1.50. The molecule has 0 unspecified atom stereocenters. The zero-order chi connectivity index (χ0) is 13.2. The molecule has 0 spiro atoms. The molecule has 18 heavy (non-hydrogen) atoms. The van der Waals surface area contributed by atoms with Gasteiger partial charge in [0.15, 0.2) is 0 Å². The highest BCUT2D eigenvalue weighted by atomic mass is 16.5. The van der Waals surface area contributed by atoms with Crippen LogP contribution >= 0.6 is 0 Å². The molecule has 0 amide bonds. The van der Waals surface area contributed by atoms with Crippen LogP contribution in [0.15, 0.2) is 18.2 Å². The number of hydrogen-bond acceptors (Lipinski definition) is 4. The quantitative estimate of drug-likeness (QED) is 0.499. The van der Waals surface area contributed by atoms with Crippen LogP contribution < -0.4 is 4.74 Å². The summed E-state index contributed by atoms with van der Waals surface area (Å²) in [7, 11) is 1.68. The van der Waals surface area contributed by atoms with Crippen molar-refractivity contribution in [2.24, 2.45) is 0 Å². The molecule has 0 heterocycles. The number of ether oxygens (including phenoxy) is 3. The van der Waals surface area contributed by atoms with Gasteiger partial charge in [-0.1, -0.05) is 0 Å². The first kappa shape index (κ1) is 14.7. The number of benzene rings is 1. The van der Waals surface area contributed by atoms with Crippen molar-refractivity contribution in [2.75, 3.05) is 33.5 Å². The van der Waals surface area contributed by atoms with Crippen molar-refractivity contribution in [3.05, 3.63) is 29.3 Å². The smallest absolute Gasteiger partial charge is 0.150 e. The van der Waals surface area contributed by atoms with Crippen molar-refractivity contribution >= 4 is 6.29 Å². The second-order valence-electron chi connectivity index (χ2n) is 3.94. The standard InChI is InChI=1S/C14H20O4/c1-12-10-14(5-4-13(12)11-15)18-9-8-17-7-3-6-16-2/h4-5,10-11H,3,6-9H2,1-2H3. The van der Waals surface area contributed by atoms with E-state index in [0.717, 1.165) is 24.0 Å². The van der Waals surface area contributed by atoms with Gasteiger partial charge in [-0.15, -0.1) is 0 Å². The van der Waals surface area contributed by atoms with Gasteiger partial charge in [-0.2, -0.15) is 0 Å². The van der Waals surface area contributed by atoms with E-state index >= 15 is 0 Å². The van der Waals surface area contributed by atoms with E-state index in [9.17, 15) is 4.79 Å². The van der Waals surface area contributed by atoms with Crippen molar-refractivity contribution in [1.82, 2.24) is 0 Å². The van der Waals surface area contributed by atoms with Gasteiger partial charge in [-0.05, 0) is 37.1 Å². The van der Waals surface area contributed by atoms with Crippen LogP contribution in [0.2, 0.25) is 0 Å². The third kappa shape index (κ3) is 5.29. The minimum atomic E-state index is 0.507. The molecule has 0 atom stereocenters. The largest absolute Gasteiger partial charge is 0.491 e. The lowest BCUT2D eigenvalue weighted by Gasteiger charge is -2.08. The predicted molar refractivity (Wildman–Crippen MR) is 69.4 cm³/mol. The van der Waals surface area contributed by atoms with E-state index in [-0.39, 0.29) is 0 Å². The van der Waals surface area contributed by atoms with Gasteiger partial charge >= 0.3 is 0 Å². The van der Waals surface area contributed by atoms with Gasteiger partial charge in [0, 0.05) is 25.9 Å². The van der Waals surface area contributed by atoms with Gasteiger partial charge in [0.05, 0.1) is 6.61 Å². The Morgan fingerprint density at radius 2 is 2.00 bits per heavy atom. The molecule has 0 radical (unpaired) electrons. The van der Waals surface area contributed by atoms with Crippen LogP contribution in [0.25, 0.3) is 0 Å². The number of rotatable bonds is 9. The molecule has 0 N–H and O–H groups in total. The number of carbonyl (C=O) groups is 1. The molecular weight excluding hydrogens is 232 g/mol. The highest BCUT2D eigenvalue weighted by molar-refractivity contribution is 5.77. The molecule has 0 aliphatic heterocycles. The first-order chi connectivity index (χ1) is 8.77. The zero-order valence-electron chi connectivity index (χ0n) is 11.0. The first-order valence-electron chi connectivity index (χ1n) is 6.03. The summed E-state index contributed by atoms with van der Waals surface area (Å²) in [5.41, 5.74) is 1.61. The molecule has 0 saturated carbocycles. The number of hydrogen-bond donors (Lipinski definition) is 0. The van der Waals surface area contributed by atoms with Crippen LogP contribution in [-0.4, -0.2) is 39.8 Å². The van der Waals surface area contributed by atoms with Gasteiger partial charge < -0.3 is 14.2 Å². The van der Waals surface area contributed by atoms with Gasteiger partial charge in [-0.25, -0.2) is 0 Å². The normalized spacial score (nSPS) is 10.3. The Balaban J connectivity index is 2.19.